The summed E-state index contributed by atoms with van der Waals surface area (Å²) >= 11 is 3.57. The number of aromatic nitrogens is 7. The molecule has 9 heteroatoms. The van der Waals surface area contributed by atoms with E-state index in [1.165, 1.54) is 30.9 Å². The molecule has 0 bridgehead atoms. The van der Waals surface area contributed by atoms with Crippen molar-refractivity contribution in [1.82, 2.24) is 34.1 Å². The van der Waals surface area contributed by atoms with E-state index in [9.17, 15) is 0 Å². The zero-order chi connectivity index (χ0) is 49.8. The van der Waals surface area contributed by atoms with Gasteiger partial charge in [0.1, 0.15) is 0 Å². The van der Waals surface area contributed by atoms with Gasteiger partial charge >= 0.3 is 0 Å². The number of nitrogens with zero attached hydrogens (tertiary/aromatic N) is 7. The van der Waals surface area contributed by atoms with Crippen molar-refractivity contribution in [2.24, 2.45) is 0 Å². The predicted octanol–water partition coefficient (Wildman–Crippen LogP) is 17.9. The van der Waals surface area contributed by atoms with Crippen molar-refractivity contribution in [3.8, 4) is 68.3 Å². The minimum atomic E-state index is 0.542. The summed E-state index contributed by atoms with van der Waals surface area (Å²) in [6.07, 6.45) is 0. The first-order valence-electron chi connectivity index (χ1n) is 25.3. The van der Waals surface area contributed by atoms with Gasteiger partial charge in [-0.25, -0.2) is 15.0 Å². The Morgan fingerprint density at radius 2 is 0.737 bits per heavy atom. The van der Waals surface area contributed by atoms with Gasteiger partial charge in [0.2, 0.25) is 5.95 Å². The molecule has 7 nitrogen and oxygen atoms in total. The second-order valence-electron chi connectivity index (χ2n) is 19.2. The van der Waals surface area contributed by atoms with E-state index in [-0.39, 0.29) is 0 Å². The highest BCUT2D eigenvalue weighted by atomic mass is 32.1. The van der Waals surface area contributed by atoms with Crippen LogP contribution in [0.2, 0.25) is 0 Å². The second kappa shape index (κ2) is 16.9. The summed E-state index contributed by atoms with van der Waals surface area (Å²) in [7, 11) is 0. The van der Waals surface area contributed by atoms with Crippen LogP contribution in [0.4, 0.5) is 0 Å². The van der Waals surface area contributed by atoms with Gasteiger partial charge in [-0.15, -0.1) is 22.7 Å². The Bertz CT molecular complexity index is 4820. The minimum absolute atomic E-state index is 0.542. The predicted molar refractivity (Wildman–Crippen MR) is 317 cm³/mol. The van der Waals surface area contributed by atoms with Crippen LogP contribution in [-0.2, 0) is 0 Å². The molecule has 76 heavy (non-hydrogen) atoms. The van der Waals surface area contributed by atoms with Gasteiger partial charge in [-0.3, -0.25) is 4.57 Å². The van der Waals surface area contributed by atoms with Gasteiger partial charge in [-0.2, -0.15) is 9.97 Å². The molecule has 0 saturated heterocycles. The molecule has 0 atom stereocenters. The molecule has 6 heterocycles. The van der Waals surface area contributed by atoms with E-state index in [1.807, 2.05) is 12.1 Å². The van der Waals surface area contributed by atoms with Crippen molar-refractivity contribution in [1.29, 1.82) is 0 Å². The van der Waals surface area contributed by atoms with Crippen molar-refractivity contribution < 1.29 is 0 Å². The van der Waals surface area contributed by atoms with E-state index in [0.29, 0.717) is 23.4 Å². The van der Waals surface area contributed by atoms with Gasteiger partial charge in [0.25, 0.3) is 0 Å². The lowest BCUT2D eigenvalue weighted by Crippen LogP contribution is -2.07. The molecule has 0 N–H and O–H groups in total. The molecule has 0 aliphatic rings. The third-order valence-corrected chi connectivity index (χ3v) is 17.3. The normalized spacial score (nSPS) is 11.9. The Morgan fingerprint density at radius 1 is 0.289 bits per heavy atom. The van der Waals surface area contributed by atoms with Crippen LogP contribution in [0.25, 0.3) is 152 Å². The van der Waals surface area contributed by atoms with Crippen LogP contribution in [0.5, 0.6) is 0 Å². The van der Waals surface area contributed by atoms with Crippen LogP contribution in [-0.4, -0.2) is 34.1 Å². The first-order chi connectivity index (χ1) is 37.7. The van der Waals surface area contributed by atoms with Crippen molar-refractivity contribution in [2.75, 3.05) is 0 Å². The zero-order valence-corrected chi connectivity index (χ0v) is 42.1. The highest BCUT2D eigenvalue weighted by Crippen LogP contribution is 2.45. The first kappa shape index (κ1) is 42.8. The number of benzene rings is 10. The minimum Gasteiger partial charge on any atom is -0.307 e. The molecule has 16 aromatic rings. The van der Waals surface area contributed by atoms with Crippen LogP contribution >= 0.6 is 22.7 Å². The van der Waals surface area contributed by atoms with Gasteiger partial charge < -0.3 is 4.57 Å². The smallest absolute Gasteiger partial charge is 0.238 e. The fraction of sp³-hybridized carbons (Fsp3) is 0. The van der Waals surface area contributed by atoms with E-state index < -0.39 is 0 Å². The maximum absolute atomic E-state index is 5.62. The Labute approximate surface area is 443 Å². The average Bonchev–Trinajstić information content (AvgIpc) is 4.35. The monoisotopic (exact) mass is 1010 g/mol. The number of fused-ring (bicyclic) bond motifs is 13. The summed E-state index contributed by atoms with van der Waals surface area (Å²) in [5.41, 5.74) is 11.7. The quantitative estimate of drug-likeness (QED) is 0.159. The summed E-state index contributed by atoms with van der Waals surface area (Å²) in [6, 6.07) is 83.6. The molecule has 0 aliphatic heterocycles. The van der Waals surface area contributed by atoms with Crippen molar-refractivity contribution in [2.45, 2.75) is 0 Å². The standard InChI is InChI=1S/C67H39N7S2/c1-3-18-40(19-4-1)54-39-55(41-20-5-2-6-21-41)69-64(68-54)42-22-15-23-43(38-42)73-56-32-11-7-24-44(56)48-36-37-49-45-25-8-12-33-57(45)74(61(49)60(48)73)67-71-65(52-30-16-28-50-46-26-9-13-34-58(46)75-62(50)52)70-66(72-67)53-31-17-29-51-47-27-10-14-35-59(47)76-63(51)53/h1-39H. The van der Waals surface area contributed by atoms with Crippen LogP contribution < -0.4 is 0 Å². The Hall–Kier alpha value is -9.67. The highest BCUT2D eigenvalue weighted by Gasteiger charge is 2.25. The molecule has 10 aromatic carbocycles. The highest BCUT2D eigenvalue weighted by molar-refractivity contribution is 7.26. The molecular formula is C67H39N7S2. The number of para-hydroxylation sites is 2. The van der Waals surface area contributed by atoms with E-state index in [1.54, 1.807) is 22.7 Å². The third kappa shape index (κ3) is 6.63. The van der Waals surface area contributed by atoms with Crippen molar-refractivity contribution in [3.05, 3.63) is 237 Å². The van der Waals surface area contributed by atoms with Crippen LogP contribution in [0, 0.1) is 0 Å². The lowest BCUT2D eigenvalue weighted by Gasteiger charge is -2.14. The van der Waals surface area contributed by atoms with Crippen molar-refractivity contribution >= 4 is 107 Å². The largest absolute Gasteiger partial charge is 0.307 e. The van der Waals surface area contributed by atoms with Gasteiger partial charge in [0.15, 0.2) is 17.5 Å². The molecular weight excluding hydrogens is 967 g/mol. The molecule has 0 fully saturated rings. The molecule has 0 amide bonds. The van der Waals surface area contributed by atoms with Crippen LogP contribution in [0.1, 0.15) is 0 Å². The van der Waals surface area contributed by atoms with Gasteiger partial charge in [0, 0.05) is 95.4 Å². The summed E-state index contributed by atoms with van der Waals surface area (Å²) in [5, 5.41) is 9.28. The Morgan fingerprint density at radius 3 is 1.30 bits per heavy atom. The average molecular weight is 1010 g/mol. The Balaban J connectivity index is 0.985. The maximum atomic E-state index is 5.62. The van der Waals surface area contributed by atoms with E-state index in [2.05, 4.69) is 234 Å². The van der Waals surface area contributed by atoms with E-state index in [4.69, 9.17) is 24.9 Å². The molecule has 0 aliphatic carbocycles. The van der Waals surface area contributed by atoms with E-state index in [0.717, 1.165) is 97.9 Å². The van der Waals surface area contributed by atoms with Crippen LogP contribution in [0.3, 0.4) is 0 Å². The number of rotatable bonds is 7. The number of hydrogen-bond donors (Lipinski definition) is 0. The molecule has 354 valence electrons. The lowest BCUT2D eigenvalue weighted by molar-refractivity contribution is 0.955. The number of hydrogen-bond acceptors (Lipinski definition) is 7. The van der Waals surface area contributed by atoms with Gasteiger partial charge in [-0.05, 0) is 54.6 Å². The lowest BCUT2D eigenvalue weighted by atomic mass is 10.1. The van der Waals surface area contributed by atoms with E-state index >= 15 is 0 Å². The summed E-state index contributed by atoms with van der Waals surface area (Å²) < 4.78 is 9.43. The summed E-state index contributed by atoms with van der Waals surface area (Å²) in [6.45, 7) is 0. The molecule has 6 aromatic heterocycles. The molecule has 0 unspecified atom stereocenters. The molecule has 0 spiro atoms. The zero-order valence-electron chi connectivity index (χ0n) is 40.5. The van der Waals surface area contributed by atoms with Crippen LogP contribution in [0.15, 0.2) is 237 Å². The SMILES string of the molecule is c1ccc(-c2cc(-c3ccccc3)nc(-c3cccc(-n4c5ccccc5c5ccc6c7ccccc7n(-c7nc(-c8cccc9c8sc8ccccc89)nc(-c8cccc9c8sc8ccccc89)n7)c6c54)c3)n2)cc1. The Kier molecular flexibility index (Phi) is 9.54. The second-order valence-corrected chi connectivity index (χ2v) is 21.3. The molecule has 0 radical (unpaired) electrons. The fourth-order valence-corrected chi connectivity index (χ4v) is 13.8. The van der Waals surface area contributed by atoms with Crippen molar-refractivity contribution in [3.63, 3.8) is 0 Å². The van der Waals surface area contributed by atoms with Gasteiger partial charge in [0.05, 0.1) is 33.5 Å². The molecule has 16 rings (SSSR count). The summed E-state index contributed by atoms with van der Waals surface area (Å²) in [5.74, 6) is 2.43. The topological polar surface area (TPSA) is 74.3 Å². The summed E-state index contributed by atoms with van der Waals surface area (Å²) in [4.78, 5) is 27.3. The maximum Gasteiger partial charge on any atom is 0.238 e. The fourth-order valence-electron chi connectivity index (χ4n) is 11.4. The number of thiophene rings is 2. The van der Waals surface area contributed by atoms with Gasteiger partial charge in [-0.1, -0.05) is 182 Å². The molecule has 0 saturated carbocycles. The third-order valence-electron chi connectivity index (χ3n) is 14.8. The first-order valence-corrected chi connectivity index (χ1v) is 27.0.